The number of aromatic amines is 2. The molecular weight excluding hydrogens is 514 g/mol. The van der Waals surface area contributed by atoms with Gasteiger partial charge in [0.05, 0.1) is 12.4 Å². The number of imidazole rings is 1. The van der Waals surface area contributed by atoms with Crippen molar-refractivity contribution < 1.29 is 29.4 Å². The van der Waals surface area contributed by atoms with Crippen LogP contribution >= 0.6 is 12.6 Å². The number of amides is 3. The molecule has 2 aromatic heterocycles. The molecule has 0 spiro atoms. The number of benzene rings is 1. The smallest absolute Gasteiger partial charge is 0.327 e. The predicted molar refractivity (Wildman–Crippen MR) is 141 cm³/mol. The maximum absolute atomic E-state index is 13.5. The molecule has 0 aliphatic heterocycles. The lowest BCUT2D eigenvalue weighted by atomic mass is 10.0. The van der Waals surface area contributed by atoms with Crippen molar-refractivity contribution in [1.29, 1.82) is 0 Å². The van der Waals surface area contributed by atoms with Gasteiger partial charge in [-0.2, -0.15) is 12.6 Å². The Morgan fingerprint density at radius 2 is 1.63 bits per heavy atom. The maximum Gasteiger partial charge on any atom is 0.327 e. The number of hydrogen-bond donors (Lipinski definition) is 9. The van der Waals surface area contributed by atoms with Crippen LogP contribution < -0.4 is 21.7 Å². The lowest BCUT2D eigenvalue weighted by molar-refractivity contribution is -0.141. The Hall–Kier alpha value is -3.88. The summed E-state index contributed by atoms with van der Waals surface area (Å²) in [5.41, 5.74) is 7.84. The molecule has 5 unspecified atom stereocenters. The van der Waals surface area contributed by atoms with Crippen LogP contribution in [0.15, 0.2) is 43.0 Å². The zero-order valence-electron chi connectivity index (χ0n) is 20.5. The van der Waals surface area contributed by atoms with Gasteiger partial charge in [0.1, 0.15) is 24.2 Å². The minimum absolute atomic E-state index is 0.0303. The molecule has 3 amide bonds. The number of thiol groups is 1. The van der Waals surface area contributed by atoms with Gasteiger partial charge in [0.2, 0.25) is 17.7 Å². The summed E-state index contributed by atoms with van der Waals surface area (Å²) in [4.78, 5) is 60.4. The molecule has 0 bridgehead atoms. The molecule has 14 heteroatoms. The summed E-state index contributed by atoms with van der Waals surface area (Å²) in [6.07, 6.45) is 3.42. The van der Waals surface area contributed by atoms with Crippen LogP contribution in [0, 0.1) is 0 Å². The van der Waals surface area contributed by atoms with E-state index in [4.69, 9.17) is 5.73 Å². The first-order chi connectivity index (χ1) is 18.1. The van der Waals surface area contributed by atoms with Crippen LogP contribution in [0.2, 0.25) is 0 Å². The van der Waals surface area contributed by atoms with Gasteiger partial charge in [0, 0.05) is 47.6 Å². The van der Waals surface area contributed by atoms with Gasteiger partial charge in [-0.15, -0.1) is 0 Å². The molecule has 38 heavy (non-hydrogen) atoms. The third kappa shape index (κ3) is 7.34. The molecule has 13 nitrogen and oxygen atoms in total. The van der Waals surface area contributed by atoms with Crippen LogP contribution in [0.1, 0.15) is 18.2 Å². The van der Waals surface area contributed by atoms with Crippen molar-refractivity contribution in [1.82, 2.24) is 30.9 Å². The lowest BCUT2D eigenvalue weighted by Gasteiger charge is -2.25. The standard InChI is InChI=1S/C24H31N7O6S/c1-12(32)20(25)23(35)30-17(6-13-8-27-16-5-3-2-4-15(13)16)21(33)29-18(7-14-9-26-11-28-14)22(34)31-19(10-38)24(36)37/h2-5,8-9,11-12,17-20,27,32,38H,6-7,10,25H2,1H3,(H,26,28)(H,29,33)(H,30,35)(H,31,34)(H,36,37). The average Bonchev–Trinajstić information content (AvgIpc) is 3.55. The number of nitrogens with zero attached hydrogens (tertiary/aromatic N) is 1. The van der Waals surface area contributed by atoms with Gasteiger partial charge in [0.25, 0.3) is 0 Å². The zero-order chi connectivity index (χ0) is 27.8. The molecule has 1 aromatic carbocycles. The number of fused-ring (bicyclic) bond motifs is 1. The number of aliphatic hydroxyl groups is 1. The van der Waals surface area contributed by atoms with Crippen molar-refractivity contribution in [3.63, 3.8) is 0 Å². The largest absolute Gasteiger partial charge is 0.480 e. The quantitative estimate of drug-likeness (QED) is 0.119. The van der Waals surface area contributed by atoms with E-state index in [0.717, 1.165) is 16.5 Å². The molecular formula is C24H31N7O6S. The Kier molecular flexibility index (Phi) is 9.87. The van der Waals surface area contributed by atoms with Crippen molar-refractivity contribution in [2.45, 2.75) is 50.0 Å². The Bertz CT molecular complexity index is 1260. The number of nitrogens with one attached hydrogen (secondary N) is 5. The highest BCUT2D eigenvalue weighted by molar-refractivity contribution is 7.80. The normalized spacial score (nSPS) is 15.2. The predicted octanol–water partition coefficient (Wildman–Crippen LogP) is -1.15. The first-order valence-corrected chi connectivity index (χ1v) is 12.4. The first kappa shape index (κ1) is 28.7. The number of nitrogens with two attached hydrogens (primary N) is 1. The second-order valence-electron chi connectivity index (χ2n) is 8.82. The summed E-state index contributed by atoms with van der Waals surface area (Å²) < 4.78 is 0. The average molecular weight is 546 g/mol. The number of aromatic nitrogens is 3. The van der Waals surface area contributed by atoms with E-state index in [1.807, 2.05) is 24.3 Å². The first-order valence-electron chi connectivity index (χ1n) is 11.8. The Morgan fingerprint density at radius 1 is 1.00 bits per heavy atom. The number of H-pyrrole nitrogens is 2. The highest BCUT2D eigenvalue weighted by atomic mass is 32.1. The molecule has 0 saturated heterocycles. The van der Waals surface area contributed by atoms with E-state index in [9.17, 15) is 29.4 Å². The van der Waals surface area contributed by atoms with Crippen molar-refractivity contribution >= 4 is 47.2 Å². The summed E-state index contributed by atoms with van der Waals surface area (Å²) in [7, 11) is 0. The van der Waals surface area contributed by atoms with Crippen LogP contribution in [0.5, 0.6) is 0 Å². The minimum Gasteiger partial charge on any atom is -0.480 e. The van der Waals surface area contributed by atoms with E-state index in [-0.39, 0.29) is 18.6 Å². The van der Waals surface area contributed by atoms with E-state index >= 15 is 0 Å². The highest BCUT2D eigenvalue weighted by Crippen LogP contribution is 2.19. The number of carbonyl (C=O) groups is 4. The van der Waals surface area contributed by atoms with Gasteiger partial charge in [-0.3, -0.25) is 14.4 Å². The summed E-state index contributed by atoms with van der Waals surface area (Å²) in [5, 5.41) is 27.4. The number of hydrogen-bond acceptors (Lipinski definition) is 8. The number of rotatable bonds is 13. The number of carbonyl (C=O) groups excluding carboxylic acids is 3. The molecule has 9 N–H and O–H groups in total. The van der Waals surface area contributed by atoms with Crippen LogP contribution in [-0.4, -0.2) is 84.9 Å². The molecule has 3 aromatic rings. The second kappa shape index (κ2) is 13.1. The van der Waals surface area contributed by atoms with Crippen molar-refractivity contribution in [2.24, 2.45) is 5.73 Å². The van der Waals surface area contributed by atoms with Gasteiger partial charge < -0.3 is 41.9 Å². The summed E-state index contributed by atoms with van der Waals surface area (Å²) in [5.74, 6) is -3.67. The number of aliphatic carboxylic acids is 1. The molecule has 2 heterocycles. The molecule has 0 saturated carbocycles. The van der Waals surface area contributed by atoms with Gasteiger partial charge in [-0.1, -0.05) is 18.2 Å². The van der Waals surface area contributed by atoms with Gasteiger partial charge in [0.15, 0.2) is 0 Å². The number of para-hydroxylation sites is 1. The molecule has 0 aliphatic rings. The van der Waals surface area contributed by atoms with Gasteiger partial charge >= 0.3 is 5.97 Å². The molecule has 0 fully saturated rings. The Labute approximate surface area is 223 Å². The third-order valence-electron chi connectivity index (χ3n) is 5.96. The maximum atomic E-state index is 13.5. The van der Waals surface area contributed by atoms with Crippen molar-refractivity contribution in [2.75, 3.05) is 5.75 Å². The van der Waals surface area contributed by atoms with E-state index < -0.39 is 54.0 Å². The Balaban J connectivity index is 1.87. The molecule has 5 atom stereocenters. The zero-order valence-corrected chi connectivity index (χ0v) is 21.4. The lowest BCUT2D eigenvalue weighted by Crippen LogP contribution is -2.59. The molecule has 204 valence electrons. The van der Waals surface area contributed by atoms with Gasteiger partial charge in [-0.25, -0.2) is 9.78 Å². The van der Waals surface area contributed by atoms with E-state index in [0.29, 0.717) is 5.69 Å². The van der Waals surface area contributed by atoms with E-state index in [1.54, 1.807) is 6.20 Å². The van der Waals surface area contributed by atoms with Crippen molar-refractivity contribution in [3.05, 3.63) is 54.2 Å². The second-order valence-corrected chi connectivity index (χ2v) is 9.18. The fourth-order valence-electron chi connectivity index (χ4n) is 3.77. The summed E-state index contributed by atoms with van der Waals surface area (Å²) >= 11 is 3.96. The molecule has 3 rings (SSSR count). The topological polar surface area (TPSA) is 215 Å². The number of carboxylic acid groups (broad SMARTS) is 1. The summed E-state index contributed by atoms with van der Waals surface area (Å²) in [6.45, 7) is 1.35. The van der Waals surface area contributed by atoms with E-state index in [1.165, 1.54) is 19.4 Å². The monoisotopic (exact) mass is 545 g/mol. The third-order valence-corrected chi connectivity index (χ3v) is 6.33. The van der Waals surface area contributed by atoms with Crippen LogP contribution in [0.4, 0.5) is 0 Å². The fraction of sp³-hybridized carbons (Fsp3) is 0.375. The van der Waals surface area contributed by atoms with Crippen LogP contribution in [0.25, 0.3) is 10.9 Å². The SMILES string of the molecule is CC(O)C(N)C(=O)NC(Cc1c[nH]c2ccccc12)C(=O)NC(Cc1cnc[nH]1)C(=O)NC(CS)C(=O)O. The highest BCUT2D eigenvalue weighted by Gasteiger charge is 2.31. The Morgan fingerprint density at radius 3 is 2.24 bits per heavy atom. The number of aliphatic hydroxyl groups excluding tert-OH is 1. The van der Waals surface area contributed by atoms with Gasteiger partial charge in [-0.05, 0) is 18.6 Å². The fourth-order valence-corrected chi connectivity index (χ4v) is 4.02. The minimum atomic E-state index is -1.29. The summed E-state index contributed by atoms with van der Waals surface area (Å²) in [6, 6.07) is 2.45. The van der Waals surface area contributed by atoms with Crippen LogP contribution in [-0.2, 0) is 32.0 Å². The molecule has 0 radical (unpaired) electrons. The van der Waals surface area contributed by atoms with E-state index in [2.05, 4.69) is 43.5 Å². The van der Waals surface area contributed by atoms with Crippen molar-refractivity contribution in [3.8, 4) is 0 Å². The van der Waals surface area contributed by atoms with Crippen LogP contribution in [0.3, 0.4) is 0 Å². The molecule has 0 aliphatic carbocycles. The number of carboxylic acids is 1.